The van der Waals surface area contributed by atoms with Crippen LogP contribution in [0.2, 0.25) is 5.02 Å². The van der Waals surface area contributed by atoms with Gasteiger partial charge in [0.25, 0.3) is 0 Å². The van der Waals surface area contributed by atoms with Crippen LogP contribution in [0.3, 0.4) is 0 Å². The van der Waals surface area contributed by atoms with Gasteiger partial charge < -0.3 is 14.8 Å². The van der Waals surface area contributed by atoms with Crippen LogP contribution in [0.1, 0.15) is 17.3 Å². The third kappa shape index (κ3) is 2.76. The minimum Gasteiger partial charge on any atom is -0.465 e. The first kappa shape index (κ1) is 13.2. The van der Waals surface area contributed by atoms with Gasteiger partial charge in [-0.05, 0) is 18.2 Å². The van der Waals surface area contributed by atoms with E-state index in [-0.39, 0.29) is 5.41 Å². The van der Waals surface area contributed by atoms with Crippen molar-refractivity contribution in [2.24, 2.45) is 5.41 Å². The maximum atomic E-state index is 11.5. The number of hydrogen-bond donors (Lipinski definition) is 1. The highest BCUT2D eigenvalue weighted by Gasteiger charge is 2.32. The molecular weight excluding hydrogens is 254 g/mol. The molecule has 1 aliphatic heterocycles. The van der Waals surface area contributed by atoms with Crippen molar-refractivity contribution in [3.63, 3.8) is 0 Å². The molecule has 4 nitrogen and oxygen atoms in total. The predicted molar refractivity (Wildman–Crippen MR) is 70.2 cm³/mol. The van der Waals surface area contributed by atoms with Crippen LogP contribution >= 0.6 is 11.6 Å². The number of methoxy groups -OCH3 is 1. The maximum Gasteiger partial charge on any atom is 0.339 e. The number of hydrogen-bond acceptors (Lipinski definition) is 4. The Hall–Kier alpha value is -1.26. The van der Waals surface area contributed by atoms with Gasteiger partial charge in [-0.25, -0.2) is 4.79 Å². The van der Waals surface area contributed by atoms with E-state index in [1.165, 1.54) is 7.11 Å². The molecule has 18 heavy (non-hydrogen) atoms. The molecule has 0 aliphatic carbocycles. The van der Waals surface area contributed by atoms with Gasteiger partial charge in [-0.2, -0.15) is 0 Å². The highest BCUT2D eigenvalue weighted by Crippen LogP contribution is 2.28. The molecule has 1 aromatic carbocycles. The molecule has 98 valence electrons. The summed E-state index contributed by atoms with van der Waals surface area (Å²) >= 11 is 5.95. The summed E-state index contributed by atoms with van der Waals surface area (Å²) in [6, 6.07) is 5.24. The fourth-order valence-corrected chi connectivity index (χ4v) is 1.96. The number of ether oxygens (including phenoxy) is 2. The summed E-state index contributed by atoms with van der Waals surface area (Å²) in [5.74, 6) is -0.429. The molecule has 1 N–H and O–H groups in total. The minimum atomic E-state index is -0.429. The Balaban J connectivity index is 2.07. The van der Waals surface area contributed by atoms with Gasteiger partial charge in [0.15, 0.2) is 0 Å². The average Bonchev–Trinajstić information content (AvgIpc) is 2.34. The van der Waals surface area contributed by atoms with Gasteiger partial charge in [0.2, 0.25) is 0 Å². The Labute approximate surface area is 111 Å². The third-order valence-corrected chi connectivity index (χ3v) is 3.32. The number of esters is 1. The van der Waals surface area contributed by atoms with Crippen molar-refractivity contribution >= 4 is 23.3 Å². The third-order valence-electron chi connectivity index (χ3n) is 2.99. The summed E-state index contributed by atoms with van der Waals surface area (Å²) in [5, 5.41) is 3.68. The van der Waals surface area contributed by atoms with Crippen molar-refractivity contribution in [2.75, 3.05) is 32.2 Å². The Bertz CT molecular complexity index is 458. The monoisotopic (exact) mass is 269 g/mol. The summed E-state index contributed by atoms with van der Waals surface area (Å²) in [4.78, 5) is 11.5. The molecule has 1 aromatic rings. The number of benzene rings is 1. The topological polar surface area (TPSA) is 47.6 Å². The lowest BCUT2D eigenvalue weighted by atomic mass is 9.88. The predicted octanol–water partition coefficient (Wildman–Crippen LogP) is 2.58. The van der Waals surface area contributed by atoms with Crippen LogP contribution in [0.4, 0.5) is 5.69 Å². The van der Waals surface area contributed by atoms with Crippen LogP contribution in [-0.2, 0) is 9.47 Å². The molecule has 0 spiro atoms. The molecule has 0 saturated carbocycles. The van der Waals surface area contributed by atoms with Crippen LogP contribution in [0.5, 0.6) is 0 Å². The van der Waals surface area contributed by atoms with Gasteiger partial charge in [-0.3, -0.25) is 0 Å². The Morgan fingerprint density at radius 3 is 2.83 bits per heavy atom. The van der Waals surface area contributed by atoms with Crippen molar-refractivity contribution in [3.8, 4) is 0 Å². The van der Waals surface area contributed by atoms with Crippen molar-refractivity contribution in [3.05, 3.63) is 28.8 Å². The van der Waals surface area contributed by atoms with Gasteiger partial charge in [-0.1, -0.05) is 18.5 Å². The SMILES string of the molecule is COC(=O)c1cc(NCC2(C)COC2)ccc1Cl. The highest BCUT2D eigenvalue weighted by atomic mass is 35.5. The zero-order valence-corrected chi connectivity index (χ0v) is 11.2. The van der Waals surface area contributed by atoms with Crippen LogP contribution < -0.4 is 5.32 Å². The molecule has 0 bridgehead atoms. The molecule has 2 rings (SSSR count). The van der Waals surface area contributed by atoms with Gasteiger partial charge in [0.1, 0.15) is 0 Å². The molecule has 0 radical (unpaired) electrons. The summed E-state index contributed by atoms with van der Waals surface area (Å²) in [7, 11) is 1.34. The van der Waals surface area contributed by atoms with Crippen molar-refractivity contribution in [2.45, 2.75) is 6.92 Å². The first-order valence-electron chi connectivity index (χ1n) is 5.74. The molecule has 0 aromatic heterocycles. The second-order valence-electron chi connectivity index (χ2n) is 4.84. The van der Waals surface area contributed by atoms with E-state index in [2.05, 4.69) is 17.0 Å². The second kappa shape index (κ2) is 5.16. The van der Waals surface area contributed by atoms with E-state index in [1.54, 1.807) is 12.1 Å². The van der Waals surface area contributed by atoms with E-state index in [9.17, 15) is 4.79 Å². The Kier molecular flexibility index (Phi) is 3.78. The fraction of sp³-hybridized carbons (Fsp3) is 0.462. The lowest BCUT2D eigenvalue weighted by Crippen LogP contribution is -2.45. The molecule has 0 atom stereocenters. The zero-order chi connectivity index (χ0) is 13.2. The summed E-state index contributed by atoms with van der Waals surface area (Å²) in [6.07, 6.45) is 0. The quantitative estimate of drug-likeness (QED) is 0.854. The lowest BCUT2D eigenvalue weighted by molar-refractivity contribution is -0.0924. The molecule has 1 aliphatic rings. The normalized spacial score (nSPS) is 16.8. The van der Waals surface area contributed by atoms with Crippen molar-refractivity contribution in [1.29, 1.82) is 0 Å². The minimum absolute atomic E-state index is 0.172. The number of carbonyl (C=O) groups is 1. The number of halogens is 1. The first-order chi connectivity index (χ1) is 8.54. The molecule has 0 unspecified atom stereocenters. The molecule has 1 saturated heterocycles. The van der Waals surface area contributed by atoms with Crippen LogP contribution in [0.25, 0.3) is 0 Å². The van der Waals surface area contributed by atoms with E-state index < -0.39 is 5.97 Å². The number of rotatable bonds is 4. The Morgan fingerprint density at radius 2 is 2.28 bits per heavy atom. The van der Waals surface area contributed by atoms with Crippen LogP contribution in [-0.4, -0.2) is 32.8 Å². The standard InChI is InChI=1S/C13H16ClNO3/c1-13(7-18-8-13)6-15-9-3-4-11(14)10(5-9)12(16)17-2/h3-5,15H,6-8H2,1-2H3. The smallest absolute Gasteiger partial charge is 0.339 e. The summed E-state index contributed by atoms with van der Waals surface area (Å²) < 4.78 is 9.87. The fourth-order valence-electron chi connectivity index (χ4n) is 1.77. The molecular formula is C13H16ClNO3. The number of anilines is 1. The van der Waals surface area contributed by atoms with Crippen molar-refractivity contribution < 1.29 is 14.3 Å². The van der Waals surface area contributed by atoms with E-state index in [0.29, 0.717) is 10.6 Å². The first-order valence-corrected chi connectivity index (χ1v) is 6.11. The maximum absolute atomic E-state index is 11.5. The van der Waals surface area contributed by atoms with Crippen LogP contribution in [0.15, 0.2) is 18.2 Å². The molecule has 1 fully saturated rings. The average molecular weight is 270 g/mol. The highest BCUT2D eigenvalue weighted by molar-refractivity contribution is 6.33. The zero-order valence-electron chi connectivity index (χ0n) is 10.5. The van der Waals surface area contributed by atoms with E-state index in [4.69, 9.17) is 16.3 Å². The summed E-state index contributed by atoms with van der Waals surface area (Å²) in [6.45, 7) is 4.48. The Morgan fingerprint density at radius 1 is 1.56 bits per heavy atom. The largest absolute Gasteiger partial charge is 0.465 e. The van der Waals surface area contributed by atoms with Gasteiger partial charge in [0.05, 0.1) is 30.9 Å². The van der Waals surface area contributed by atoms with Gasteiger partial charge in [-0.15, -0.1) is 0 Å². The lowest BCUT2D eigenvalue weighted by Gasteiger charge is -2.38. The van der Waals surface area contributed by atoms with E-state index in [1.807, 2.05) is 6.07 Å². The molecule has 0 amide bonds. The molecule has 1 heterocycles. The second-order valence-corrected chi connectivity index (χ2v) is 5.25. The summed E-state index contributed by atoms with van der Waals surface area (Å²) in [5.41, 5.74) is 1.40. The van der Waals surface area contributed by atoms with Crippen LogP contribution in [0, 0.1) is 5.41 Å². The van der Waals surface area contributed by atoms with Gasteiger partial charge >= 0.3 is 5.97 Å². The number of nitrogens with one attached hydrogen (secondary N) is 1. The number of carbonyl (C=O) groups excluding carboxylic acids is 1. The molecule has 5 heteroatoms. The van der Waals surface area contributed by atoms with E-state index >= 15 is 0 Å². The van der Waals surface area contributed by atoms with E-state index in [0.717, 1.165) is 25.4 Å². The van der Waals surface area contributed by atoms with Gasteiger partial charge in [0, 0.05) is 17.6 Å². The van der Waals surface area contributed by atoms with Crippen molar-refractivity contribution in [1.82, 2.24) is 0 Å².